The van der Waals surface area contributed by atoms with E-state index in [-0.39, 0.29) is 12.4 Å². The Morgan fingerprint density at radius 1 is 1.22 bits per heavy atom. The summed E-state index contributed by atoms with van der Waals surface area (Å²) in [5, 5.41) is 9.13. The second kappa shape index (κ2) is 7.59. The molecule has 0 fully saturated rings. The minimum atomic E-state index is 0.167. The van der Waals surface area contributed by atoms with Crippen molar-refractivity contribution in [3.63, 3.8) is 0 Å². The third-order valence-corrected chi connectivity index (χ3v) is 4.17. The molecule has 0 aliphatic heterocycles. The number of aliphatic hydroxyl groups is 1. The van der Waals surface area contributed by atoms with E-state index >= 15 is 0 Å². The summed E-state index contributed by atoms with van der Waals surface area (Å²) in [4.78, 5) is 12.0. The minimum absolute atomic E-state index is 0.167. The van der Waals surface area contributed by atoms with Crippen molar-refractivity contribution < 1.29 is 9.90 Å². The number of aliphatic hydroxyl groups excluding tert-OH is 1. The van der Waals surface area contributed by atoms with Gasteiger partial charge in [0, 0.05) is 17.4 Å². The van der Waals surface area contributed by atoms with Crippen molar-refractivity contribution in [3.05, 3.63) is 35.4 Å². The first-order chi connectivity index (χ1) is 8.54. The molecule has 0 heterocycles. The Labute approximate surface area is 114 Å². The van der Waals surface area contributed by atoms with Crippen molar-refractivity contribution in [2.24, 2.45) is 0 Å². The molecule has 0 spiro atoms. The molecular weight excluding hydrogens is 244 g/mol. The van der Waals surface area contributed by atoms with Gasteiger partial charge >= 0.3 is 0 Å². The Balaban J connectivity index is 2.51. The van der Waals surface area contributed by atoms with Crippen molar-refractivity contribution in [1.29, 1.82) is 0 Å². The molecule has 1 aromatic carbocycles. The van der Waals surface area contributed by atoms with Crippen LogP contribution >= 0.6 is 11.8 Å². The molecule has 0 amide bonds. The van der Waals surface area contributed by atoms with Crippen LogP contribution in [0.4, 0.5) is 0 Å². The molecule has 0 aromatic heterocycles. The van der Waals surface area contributed by atoms with E-state index in [1.165, 1.54) is 5.56 Å². The quantitative estimate of drug-likeness (QED) is 0.768. The van der Waals surface area contributed by atoms with Gasteiger partial charge in [-0.05, 0) is 17.9 Å². The second-order valence-corrected chi connectivity index (χ2v) is 6.26. The van der Waals surface area contributed by atoms with Crippen molar-refractivity contribution in [2.75, 3.05) is 12.4 Å². The van der Waals surface area contributed by atoms with E-state index in [1.54, 1.807) is 11.8 Å². The van der Waals surface area contributed by atoms with Gasteiger partial charge in [0.15, 0.2) is 5.78 Å². The molecule has 2 nitrogen and oxygen atoms in total. The molecule has 1 rings (SSSR count). The average molecular weight is 266 g/mol. The molecule has 1 N–H and O–H groups in total. The number of hydrogen-bond donors (Lipinski definition) is 1. The highest BCUT2D eigenvalue weighted by Gasteiger charge is 2.09. The molecule has 0 bridgehead atoms. The fourth-order valence-electron chi connectivity index (χ4n) is 1.62. The van der Waals surface area contributed by atoms with Crippen molar-refractivity contribution in [3.8, 4) is 0 Å². The summed E-state index contributed by atoms with van der Waals surface area (Å²) in [6.45, 7) is 6.51. The molecule has 0 saturated heterocycles. The van der Waals surface area contributed by atoms with Gasteiger partial charge in [-0.2, -0.15) is 11.8 Å². The fourth-order valence-corrected chi connectivity index (χ4v) is 2.49. The van der Waals surface area contributed by atoms with Gasteiger partial charge in [0.25, 0.3) is 0 Å². The standard InChI is InChI=1S/C15H22O2S/c1-11(2)13-4-6-14(7-5-13)15(17)10-18-12(3)8-9-16/h4-7,11-12,16H,8-10H2,1-3H3. The number of carbonyl (C=O) groups is 1. The van der Waals surface area contributed by atoms with Crippen LogP contribution in [-0.2, 0) is 0 Å². The number of thioether (sulfide) groups is 1. The fraction of sp³-hybridized carbons (Fsp3) is 0.533. The molecule has 1 atom stereocenters. The Bertz CT molecular complexity index is 371. The van der Waals surface area contributed by atoms with Crippen LogP contribution in [0, 0.1) is 0 Å². The summed E-state index contributed by atoms with van der Waals surface area (Å²) >= 11 is 1.60. The lowest BCUT2D eigenvalue weighted by atomic mass is 10.0. The van der Waals surface area contributed by atoms with E-state index in [0.29, 0.717) is 16.9 Å². The SMILES string of the molecule is CC(CCO)SCC(=O)c1ccc(C(C)C)cc1. The summed E-state index contributed by atoms with van der Waals surface area (Å²) in [6, 6.07) is 7.88. The van der Waals surface area contributed by atoms with E-state index in [9.17, 15) is 4.79 Å². The molecule has 0 aliphatic rings. The first-order valence-corrected chi connectivity index (χ1v) is 7.45. The summed E-state index contributed by atoms with van der Waals surface area (Å²) in [5.74, 6) is 1.15. The number of rotatable bonds is 7. The van der Waals surface area contributed by atoms with E-state index in [4.69, 9.17) is 5.11 Å². The Kier molecular flexibility index (Phi) is 6.44. The average Bonchev–Trinajstić information content (AvgIpc) is 2.36. The number of Topliss-reactive ketones (excluding diaryl/α,β-unsaturated/α-hetero) is 1. The van der Waals surface area contributed by atoms with Crippen LogP contribution in [0.5, 0.6) is 0 Å². The minimum Gasteiger partial charge on any atom is -0.396 e. The van der Waals surface area contributed by atoms with E-state index in [1.807, 2.05) is 31.2 Å². The molecule has 18 heavy (non-hydrogen) atoms. The summed E-state index contributed by atoms with van der Waals surface area (Å²) < 4.78 is 0. The van der Waals surface area contributed by atoms with Gasteiger partial charge in [0.1, 0.15) is 0 Å². The van der Waals surface area contributed by atoms with Gasteiger partial charge in [-0.3, -0.25) is 4.79 Å². The number of carbonyl (C=O) groups excluding carboxylic acids is 1. The van der Waals surface area contributed by atoms with Crippen LogP contribution in [-0.4, -0.2) is 28.5 Å². The van der Waals surface area contributed by atoms with Gasteiger partial charge in [0.05, 0.1) is 5.75 Å². The smallest absolute Gasteiger partial charge is 0.172 e. The van der Waals surface area contributed by atoms with E-state index in [2.05, 4.69) is 13.8 Å². The molecular formula is C15H22O2S. The van der Waals surface area contributed by atoms with Gasteiger partial charge in [-0.1, -0.05) is 45.0 Å². The molecule has 1 aromatic rings. The first kappa shape index (κ1) is 15.3. The molecule has 100 valence electrons. The normalized spacial score (nSPS) is 12.7. The molecule has 3 heteroatoms. The largest absolute Gasteiger partial charge is 0.396 e. The van der Waals surface area contributed by atoms with Crippen LogP contribution in [0.3, 0.4) is 0 Å². The number of ketones is 1. The molecule has 0 saturated carbocycles. The second-order valence-electron chi connectivity index (χ2n) is 4.83. The van der Waals surface area contributed by atoms with Crippen LogP contribution in [0.2, 0.25) is 0 Å². The van der Waals surface area contributed by atoms with Crippen LogP contribution < -0.4 is 0 Å². The van der Waals surface area contributed by atoms with Crippen LogP contribution in [0.1, 0.15) is 49.0 Å². The first-order valence-electron chi connectivity index (χ1n) is 6.40. The Morgan fingerprint density at radius 3 is 2.33 bits per heavy atom. The third kappa shape index (κ3) is 4.83. The maximum absolute atomic E-state index is 12.0. The summed E-state index contributed by atoms with van der Waals surface area (Å²) in [6.07, 6.45) is 0.740. The zero-order valence-corrected chi connectivity index (χ0v) is 12.2. The third-order valence-electron chi connectivity index (χ3n) is 2.93. The number of benzene rings is 1. The highest BCUT2D eigenvalue weighted by Crippen LogP contribution is 2.18. The van der Waals surface area contributed by atoms with Gasteiger partial charge < -0.3 is 5.11 Å². The van der Waals surface area contributed by atoms with Gasteiger partial charge in [-0.25, -0.2) is 0 Å². The predicted molar refractivity (Wildman–Crippen MR) is 78.5 cm³/mol. The number of hydrogen-bond acceptors (Lipinski definition) is 3. The molecule has 0 radical (unpaired) electrons. The van der Waals surface area contributed by atoms with Crippen molar-refractivity contribution in [2.45, 2.75) is 38.4 Å². The lowest BCUT2D eigenvalue weighted by molar-refractivity contribution is 0.102. The van der Waals surface area contributed by atoms with Crippen molar-refractivity contribution in [1.82, 2.24) is 0 Å². The molecule has 0 aliphatic carbocycles. The lowest BCUT2D eigenvalue weighted by Crippen LogP contribution is -2.08. The van der Waals surface area contributed by atoms with E-state index in [0.717, 1.165) is 12.0 Å². The zero-order chi connectivity index (χ0) is 13.5. The maximum atomic E-state index is 12.0. The zero-order valence-electron chi connectivity index (χ0n) is 11.3. The Morgan fingerprint density at radius 2 is 1.83 bits per heavy atom. The van der Waals surface area contributed by atoms with Crippen LogP contribution in [0.15, 0.2) is 24.3 Å². The highest BCUT2D eigenvalue weighted by atomic mass is 32.2. The maximum Gasteiger partial charge on any atom is 0.172 e. The summed E-state index contributed by atoms with van der Waals surface area (Å²) in [5.41, 5.74) is 2.04. The monoisotopic (exact) mass is 266 g/mol. The van der Waals surface area contributed by atoms with Gasteiger partial charge in [0.2, 0.25) is 0 Å². The van der Waals surface area contributed by atoms with E-state index < -0.39 is 0 Å². The van der Waals surface area contributed by atoms with Crippen LogP contribution in [0.25, 0.3) is 0 Å². The topological polar surface area (TPSA) is 37.3 Å². The Hall–Kier alpha value is -0.800. The summed E-state index contributed by atoms with van der Waals surface area (Å²) in [7, 11) is 0. The lowest BCUT2D eigenvalue weighted by Gasteiger charge is -2.09. The highest BCUT2D eigenvalue weighted by molar-refractivity contribution is 8.00. The molecule has 1 unspecified atom stereocenters. The van der Waals surface area contributed by atoms with Crippen molar-refractivity contribution >= 4 is 17.5 Å². The van der Waals surface area contributed by atoms with Gasteiger partial charge in [-0.15, -0.1) is 0 Å². The predicted octanol–water partition coefficient (Wildman–Crippen LogP) is 3.50.